The summed E-state index contributed by atoms with van der Waals surface area (Å²) in [4.78, 5) is 0. The Morgan fingerprint density at radius 2 is 1.94 bits per heavy atom. The highest BCUT2D eigenvalue weighted by Gasteiger charge is 2.20. The highest BCUT2D eigenvalue weighted by molar-refractivity contribution is 5.85. The summed E-state index contributed by atoms with van der Waals surface area (Å²) in [7, 11) is 1.74. The van der Waals surface area contributed by atoms with E-state index in [0.29, 0.717) is 6.04 Å². The monoisotopic (exact) mass is 269 g/mol. The Hall–Kier alpha value is -0.730. The third-order valence-electron chi connectivity index (χ3n) is 3.86. The van der Waals surface area contributed by atoms with E-state index in [9.17, 15) is 0 Å². The van der Waals surface area contributed by atoms with Crippen molar-refractivity contribution in [2.75, 3.05) is 7.11 Å². The molecule has 18 heavy (non-hydrogen) atoms. The third-order valence-corrected chi connectivity index (χ3v) is 3.86. The molecule has 1 aromatic carbocycles. The van der Waals surface area contributed by atoms with Crippen LogP contribution in [0.1, 0.15) is 38.2 Å². The van der Waals surface area contributed by atoms with Crippen LogP contribution in [-0.2, 0) is 6.54 Å². The normalized spacial score (nSPS) is 23.2. The molecule has 1 aliphatic carbocycles. The summed E-state index contributed by atoms with van der Waals surface area (Å²) < 4.78 is 5.37. The minimum atomic E-state index is 0. The summed E-state index contributed by atoms with van der Waals surface area (Å²) in [5.41, 5.74) is 1.26. The van der Waals surface area contributed by atoms with E-state index in [4.69, 9.17) is 4.74 Å². The summed E-state index contributed by atoms with van der Waals surface area (Å²) in [6, 6.07) is 8.93. The molecule has 1 aliphatic rings. The zero-order valence-electron chi connectivity index (χ0n) is 11.3. The number of ether oxygens (including phenoxy) is 1. The molecular formula is C15H24ClNO. The van der Waals surface area contributed by atoms with Crippen LogP contribution in [0.2, 0.25) is 0 Å². The molecule has 0 bridgehead atoms. The largest absolute Gasteiger partial charge is 0.496 e. The van der Waals surface area contributed by atoms with Gasteiger partial charge in [0.1, 0.15) is 5.75 Å². The number of hydrogen-bond donors (Lipinski definition) is 1. The fourth-order valence-corrected chi connectivity index (χ4v) is 2.71. The van der Waals surface area contributed by atoms with Gasteiger partial charge in [-0.05, 0) is 24.8 Å². The van der Waals surface area contributed by atoms with Crippen molar-refractivity contribution in [3.05, 3.63) is 29.8 Å². The molecule has 0 aliphatic heterocycles. The van der Waals surface area contributed by atoms with E-state index >= 15 is 0 Å². The second-order valence-corrected chi connectivity index (χ2v) is 5.06. The molecule has 0 saturated heterocycles. The molecular weight excluding hydrogens is 246 g/mol. The zero-order valence-corrected chi connectivity index (χ0v) is 12.1. The molecule has 0 amide bonds. The lowest BCUT2D eigenvalue weighted by molar-refractivity contribution is 0.278. The Labute approximate surface area is 117 Å². The van der Waals surface area contributed by atoms with Crippen LogP contribution in [0.5, 0.6) is 5.75 Å². The number of rotatable bonds is 4. The molecule has 0 spiro atoms. The average molecular weight is 270 g/mol. The SMILES string of the molecule is COc1ccccc1CNC1CCCCC1C.Cl. The van der Waals surface area contributed by atoms with E-state index in [1.165, 1.54) is 31.2 Å². The number of benzene rings is 1. The van der Waals surface area contributed by atoms with Crippen LogP contribution in [0.3, 0.4) is 0 Å². The lowest BCUT2D eigenvalue weighted by Crippen LogP contribution is -2.36. The first-order valence-electron chi connectivity index (χ1n) is 6.66. The molecule has 1 aromatic rings. The number of hydrogen-bond acceptors (Lipinski definition) is 2. The van der Waals surface area contributed by atoms with Gasteiger partial charge in [-0.3, -0.25) is 0 Å². The van der Waals surface area contributed by atoms with Crippen LogP contribution in [-0.4, -0.2) is 13.2 Å². The Kier molecular flexibility index (Phi) is 6.51. The Balaban J connectivity index is 0.00000162. The van der Waals surface area contributed by atoms with Gasteiger partial charge in [-0.25, -0.2) is 0 Å². The summed E-state index contributed by atoms with van der Waals surface area (Å²) in [6.07, 6.45) is 5.45. The molecule has 2 rings (SSSR count). The molecule has 1 saturated carbocycles. The van der Waals surface area contributed by atoms with Gasteiger partial charge in [-0.1, -0.05) is 38.0 Å². The Bertz CT molecular complexity index is 356. The van der Waals surface area contributed by atoms with Gasteiger partial charge in [0.05, 0.1) is 7.11 Å². The lowest BCUT2D eigenvalue weighted by Gasteiger charge is -2.29. The van der Waals surface area contributed by atoms with Crippen LogP contribution in [0, 0.1) is 5.92 Å². The molecule has 0 radical (unpaired) electrons. The molecule has 2 atom stereocenters. The molecule has 3 heteroatoms. The first-order chi connectivity index (χ1) is 8.31. The van der Waals surface area contributed by atoms with Gasteiger partial charge < -0.3 is 10.1 Å². The molecule has 2 nitrogen and oxygen atoms in total. The van der Waals surface area contributed by atoms with Crippen molar-refractivity contribution in [3.8, 4) is 5.75 Å². The topological polar surface area (TPSA) is 21.3 Å². The van der Waals surface area contributed by atoms with E-state index in [2.05, 4.69) is 24.4 Å². The first-order valence-corrected chi connectivity index (χ1v) is 6.66. The van der Waals surface area contributed by atoms with Gasteiger partial charge in [0.2, 0.25) is 0 Å². The van der Waals surface area contributed by atoms with E-state index in [-0.39, 0.29) is 12.4 Å². The van der Waals surface area contributed by atoms with Crippen molar-refractivity contribution in [2.24, 2.45) is 5.92 Å². The fourth-order valence-electron chi connectivity index (χ4n) is 2.71. The average Bonchev–Trinajstić information content (AvgIpc) is 2.38. The number of para-hydroxylation sites is 1. The lowest BCUT2D eigenvalue weighted by atomic mass is 9.86. The van der Waals surface area contributed by atoms with Crippen LogP contribution in [0.25, 0.3) is 0 Å². The maximum absolute atomic E-state index is 5.37. The van der Waals surface area contributed by atoms with Gasteiger partial charge >= 0.3 is 0 Å². The van der Waals surface area contributed by atoms with Crippen molar-refractivity contribution >= 4 is 12.4 Å². The zero-order chi connectivity index (χ0) is 12.1. The van der Waals surface area contributed by atoms with Gasteiger partial charge in [0.15, 0.2) is 0 Å². The summed E-state index contributed by atoms with van der Waals surface area (Å²) >= 11 is 0. The van der Waals surface area contributed by atoms with Crippen molar-refractivity contribution in [1.82, 2.24) is 5.32 Å². The van der Waals surface area contributed by atoms with Crippen LogP contribution < -0.4 is 10.1 Å². The van der Waals surface area contributed by atoms with Crippen LogP contribution in [0.15, 0.2) is 24.3 Å². The summed E-state index contributed by atoms with van der Waals surface area (Å²) in [5, 5.41) is 3.68. The second kappa shape index (κ2) is 7.65. The predicted molar refractivity (Wildman–Crippen MR) is 78.5 cm³/mol. The van der Waals surface area contributed by atoms with Crippen molar-refractivity contribution in [1.29, 1.82) is 0 Å². The van der Waals surface area contributed by atoms with Crippen molar-refractivity contribution in [2.45, 2.75) is 45.2 Å². The smallest absolute Gasteiger partial charge is 0.123 e. The minimum absolute atomic E-state index is 0. The number of methoxy groups -OCH3 is 1. The Morgan fingerprint density at radius 3 is 2.67 bits per heavy atom. The predicted octanol–water partition coefficient (Wildman–Crippen LogP) is 3.79. The number of halogens is 1. The highest BCUT2D eigenvalue weighted by Crippen LogP contribution is 2.25. The second-order valence-electron chi connectivity index (χ2n) is 5.06. The van der Waals surface area contributed by atoms with E-state index < -0.39 is 0 Å². The molecule has 1 N–H and O–H groups in total. The molecule has 1 fully saturated rings. The third kappa shape index (κ3) is 3.89. The van der Waals surface area contributed by atoms with Gasteiger partial charge in [0, 0.05) is 18.2 Å². The number of nitrogens with one attached hydrogen (secondary N) is 1. The quantitative estimate of drug-likeness (QED) is 0.898. The first kappa shape index (κ1) is 15.3. The minimum Gasteiger partial charge on any atom is -0.496 e. The maximum Gasteiger partial charge on any atom is 0.123 e. The van der Waals surface area contributed by atoms with Gasteiger partial charge in [0.25, 0.3) is 0 Å². The maximum atomic E-state index is 5.37. The van der Waals surface area contributed by atoms with Gasteiger partial charge in [-0.15, -0.1) is 12.4 Å². The molecule has 2 unspecified atom stereocenters. The van der Waals surface area contributed by atoms with Crippen LogP contribution >= 0.6 is 12.4 Å². The van der Waals surface area contributed by atoms with E-state index in [1.54, 1.807) is 7.11 Å². The van der Waals surface area contributed by atoms with E-state index in [0.717, 1.165) is 18.2 Å². The summed E-state index contributed by atoms with van der Waals surface area (Å²) in [5.74, 6) is 1.79. The fraction of sp³-hybridized carbons (Fsp3) is 0.600. The Morgan fingerprint density at radius 1 is 1.22 bits per heavy atom. The van der Waals surface area contributed by atoms with Crippen LogP contribution in [0.4, 0.5) is 0 Å². The van der Waals surface area contributed by atoms with Gasteiger partial charge in [-0.2, -0.15) is 0 Å². The molecule has 102 valence electrons. The summed E-state index contributed by atoms with van der Waals surface area (Å²) in [6.45, 7) is 3.28. The standard InChI is InChI=1S/C15H23NO.ClH/c1-12-7-3-5-9-14(12)16-11-13-8-4-6-10-15(13)17-2;/h4,6,8,10,12,14,16H,3,5,7,9,11H2,1-2H3;1H. The highest BCUT2D eigenvalue weighted by atomic mass is 35.5. The van der Waals surface area contributed by atoms with Crippen molar-refractivity contribution < 1.29 is 4.74 Å². The van der Waals surface area contributed by atoms with Crippen molar-refractivity contribution in [3.63, 3.8) is 0 Å². The molecule has 0 aromatic heterocycles. The van der Waals surface area contributed by atoms with E-state index in [1.807, 2.05) is 12.1 Å². The molecule has 0 heterocycles.